The maximum absolute atomic E-state index is 13.5. The summed E-state index contributed by atoms with van der Waals surface area (Å²) in [5.41, 5.74) is 2.00. The molecule has 6 heteroatoms. The van der Waals surface area contributed by atoms with Crippen LogP contribution < -0.4 is 10.3 Å². The Morgan fingerprint density at radius 1 is 0.967 bits per heavy atom. The highest BCUT2D eigenvalue weighted by Gasteiger charge is 2.43. The number of hydrogen-bond acceptors (Lipinski definition) is 4. The van der Waals surface area contributed by atoms with Crippen molar-refractivity contribution < 1.29 is 9.21 Å². The smallest absolute Gasteiger partial charge is 0.295 e. The summed E-state index contributed by atoms with van der Waals surface area (Å²) >= 11 is 7.76. The zero-order valence-electron chi connectivity index (χ0n) is 16.0. The standard InChI is InChI=1S/C24H16ClNO3S/c1-30-17-10-7-14(8-11-17)21-20-22(27)18-13-15(25)9-12-19(18)29-23(20)24(28)26(21)16-5-3-2-4-6-16/h2-13,21H,1H3/t21-/m1/s1. The van der Waals surface area contributed by atoms with E-state index < -0.39 is 6.04 Å². The van der Waals surface area contributed by atoms with Gasteiger partial charge in [-0.1, -0.05) is 41.9 Å². The fourth-order valence-electron chi connectivity index (χ4n) is 3.90. The summed E-state index contributed by atoms with van der Waals surface area (Å²) in [6, 6.07) is 21.5. The van der Waals surface area contributed by atoms with E-state index in [1.54, 1.807) is 34.9 Å². The first-order chi connectivity index (χ1) is 14.6. The minimum Gasteiger partial charge on any atom is -0.450 e. The number of amides is 1. The van der Waals surface area contributed by atoms with E-state index in [0.29, 0.717) is 27.2 Å². The van der Waals surface area contributed by atoms with Gasteiger partial charge in [0.05, 0.1) is 17.0 Å². The Morgan fingerprint density at radius 2 is 1.70 bits per heavy atom. The molecule has 1 aliphatic heterocycles. The number of fused-ring (bicyclic) bond motifs is 2. The van der Waals surface area contributed by atoms with E-state index in [1.807, 2.05) is 60.9 Å². The van der Waals surface area contributed by atoms with Gasteiger partial charge in [0, 0.05) is 15.6 Å². The molecule has 0 N–H and O–H groups in total. The molecule has 30 heavy (non-hydrogen) atoms. The summed E-state index contributed by atoms with van der Waals surface area (Å²) in [4.78, 5) is 29.7. The Kier molecular flexibility index (Phi) is 4.65. The molecule has 0 bridgehead atoms. The van der Waals surface area contributed by atoms with Crippen LogP contribution in [0.1, 0.15) is 27.7 Å². The van der Waals surface area contributed by atoms with Crippen molar-refractivity contribution in [2.45, 2.75) is 10.9 Å². The lowest BCUT2D eigenvalue weighted by molar-refractivity contribution is 0.0971. The number of anilines is 1. The van der Waals surface area contributed by atoms with Crippen LogP contribution >= 0.6 is 23.4 Å². The van der Waals surface area contributed by atoms with Crippen molar-refractivity contribution in [3.63, 3.8) is 0 Å². The second-order valence-corrected chi connectivity index (χ2v) is 8.32. The number of thioether (sulfide) groups is 1. The summed E-state index contributed by atoms with van der Waals surface area (Å²) < 4.78 is 5.95. The average Bonchev–Trinajstić information content (AvgIpc) is 3.07. The van der Waals surface area contributed by atoms with Crippen molar-refractivity contribution in [1.82, 2.24) is 0 Å². The molecule has 1 atom stereocenters. The third-order valence-electron chi connectivity index (χ3n) is 5.30. The molecule has 0 radical (unpaired) electrons. The van der Waals surface area contributed by atoms with Crippen molar-refractivity contribution in [1.29, 1.82) is 0 Å². The molecule has 0 saturated heterocycles. The van der Waals surface area contributed by atoms with E-state index in [-0.39, 0.29) is 17.1 Å². The van der Waals surface area contributed by atoms with E-state index in [2.05, 4.69) is 0 Å². The summed E-state index contributed by atoms with van der Waals surface area (Å²) in [5.74, 6) is -0.248. The first-order valence-electron chi connectivity index (χ1n) is 9.37. The number of carbonyl (C=O) groups excluding carboxylic acids is 1. The van der Waals surface area contributed by atoms with Crippen LogP contribution in [-0.2, 0) is 0 Å². The number of halogens is 1. The molecule has 5 rings (SSSR count). The second-order valence-electron chi connectivity index (χ2n) is 7.00. The third-order valence-corrected chi connectivity index (χ3v) is 6.28. The molecule has 1 aromatic heterocycles. The van der Waals surface area contributed by atoms with E-state index in [1.165, 1.54) is 0 Å². The van der Waals surface area contributed by atoms with Crippen LogP contribution in [0, 0.1) is 0 Å². The second kappa shape index (κ2) is 7.35. The predicted octanol–water partition coefficient (Wildman–Crippen LogP) is 5.92. The highest BCUT2D eigenvalue weighted by atomic mass is 35.5. The Morgan fingerprint density at radius 3 is 2.40 bits per heavy atom. The van der Waals surface area contributed by atoms with E-state index in [4.69, 9.17) is 16.0 Å². The lowest BCUT2D eigenvalue weighted by atomic mass is 9.98. The van der Waals surface area contributed by atoms with Gasteiger partial charge in [-0.05, 0) is 54.3 Å². The minimum atomic E-state index is -0.578. The Hall–Kier alpha value is -3.02. The highest BCUT2D eigenvalue weighted by molar-refractivity contribution is 7.98. The zero-order chi connectivity index (χ0) is 20.8. The van der Waals surface area contributed by atoms with Crippen molar-refractivity contribution in [3.05, 3.63) is 105 Å². The molecule has 0 spiro atoms. The van der Waals surface area contributed by atoms with Gasteiger partial charge in [0.15, 0.2) is 5.43 Å². The third kappa shape index (κ3) is 2.93. The Labute approximate surface area is 182 Å². The van der Waals surface area contributed by atoms with Crippen LogP contribution in [0.2, 0.25) is 5.02 Å². The molecule has 0 aliphatic carbocycles. The number of rotatable bonds is 3. The maximum atomic E-state index is 13.5. The zero-order valence-corrected chi connectivity index (χ0v) is 17.5. The minimum absolute atomic E-state index is 0.0811. The maximum Gasteiger partial charge on any atom is 0.295 e. The van der Waals surface area contributed by atoms with Gasteiger partial charge in [0.25, 0.3) is 5.91 Å². The van der Waals surface area contributed by atoms with Gasteiger partial charge >= 0.3 is 0 Å². The molecule has 3 aromatic carbocycles. The molecule has 148 valence electrons. The molecular weight excluding hydrogens is 418 g/mol. The fraction of sp³-hybridized carbons (Fsp3) is 0.0833. The molecule has 0 saturated carbocycles. The van der Waals surface area contributed by atoms with Crippen molar-refractivity contribution in [3.8, 4) is 0 Å². The summed E-state index contributed by atoms with van der Waals surface area (Å²) in [6.45, 7) is 0. The molecule has 1 aliphatic rings. The van der Waals surface area contributed by atoms with Gasteiger partial charge in [0.1, 0.15) is 5.58 Å². The molecule has 0 fully saturated rings. The first-order valence-corrected chi connectivity index (χ1v) is 11.0. The number of nitrogens with zero attached hydrogens (tertiary/aromatic N) is 1. The van der Waals surface area contributed by atoms with Gasteiger partial charge in [0.2, 0.25) is 5.76 Å². The lowest BCUT2D eigenvalue weighted by Crippen LogP contribution is -2.29. The quantitative estimate of drug-likeness (QED) is 0.376. The van der Waals surface area contributed by atoms with Crippen LogP contribution in [-0.4, -0.2) is 12.2 Å². The number of carbonyl (C=O) groups is 1. The van der Waals surface area contributed by atoms with Gasteiger partial charge < -0.3 is 4.42 Å². The molecular formula is C24H16ClNO3S. The SMILES string of the molecule is CSc1ccc([C@@H]2c3c(oc4ccc(Cl)cc4c3=O)C(=O)N2c2ccccc2)cc1. The van der Waals surface area contributed by atoms with Gasteiger partial charge in [-0.3, -0.25) is 14.5 Å². The lowest BCUT2D eigenvalue weighted by Gasteiger charge is -2.25. The topological polar surface area (TPSA) is 50.5 Å². The fourth-order valence-corrected chi connectivity index (χ4v) is 4.48. The van der Waals surface area contributed by atoms with Crippen molar-refractivity contribution in [2.24, 2.45) is 0 Å². The summed E-state index contributed by atoms with van der Waals surface area (Å²) in [5, 5.41) is 0.814. The van der Waals surface area contributed by atoms with E-state index >= 15 is 0 Å². The van der Waals surface area contributed by atoms with Crippen molar-refractivity contribution >= 4 is 45.9 Å². The van der Waals surface area contributed by atoms with Crippen LogP contribution in [0.25, 0.3) is 11.0 Å². The van der Waals surface area contributed by atoms with Gasteiger partial charge in [-0.25, -0.2) is 0 Å². The predicted molar refractivity (Wildman–Crippen MR) is 121 cm³/mol. The number of benzene rings is 3. The number of hydrogen-bond donors (Lipinski definition) is 0. The van der Waals surface area contributed by atoms with Crippen LogP contribution in [0.5, 0.6) is 0 Å². The molecule has 0 unspecified atom stereocenters. The molecule has 4 aromatic rings. The monoisotopic (exact) mass is 433 g/mol. The Bertz CT molecular complexity index is 1330. The molecule has 1 amide bonds. The van der Waals surface area contributed by atoms with Gasteiger partial charge in [-0.2, -0.15) is 0 Å². The number of para-hydroxylation sites is 1. The largest absolute Gasteiger partial charge is 0.450 e. The Balaban J connectivity index is 1.80. The summed E-state index contributed by atoms with van der Waals surface area (Å²) in [6.07, 6.45) is 2.00. The summed E-state index contributed by atoms with van der Waals surface area (Å²) in [7, 11) is 0. The molecule has 2 heterocycles. The van der Waals surface area contributed by atoms with Crippen LogP contribution in [0.3, 0.4) is 0 Å². The average molecular weight is 434 g/mol. The van der Waals surface area contributed by atoms with Crippen molar-refractivity contribution in [2.75, 3.05) is 11.2 Å². The normalized spacial score (nSPS) is 15.6. The van der Waals surface area contributed by atoms with Crippen LogP contribution in [0.15, 0.2) is 86.9 Å². The van der Waals surface area contributed by atoms with Crippen LogP contribution in [0.4, 0.5) is 5.69 Å². The van der Waals surface area contributed by atoms with Gasteiger partial charge in [-0.15, -0.1) is 11.8 Å². The molecule has 4 nitrogen and oxygen atoms in total. The first kappa shape index (κ1) is 19.0. The highest BCUT2D eigenvalue weighted by Crippen LogP contribution is 2.41. The van der Waals surface area contributed by atoms with E-state index in [9.17, 15) is 9.59 Å². The van der Waals surface area contributed by atoms with E-state index in [0.717, 1.165) is 10.5 Å².